The molecule has 2 aliphatic rings. The third-order valence-corrected chi connectivity index (χ3v) is 4.50. The van der Waals surface area contributed by atoms with Crippen molar-refractivity contribution in [3.63, 3.8) is 0 Å². The molecular weight excluding hydrogens is 214 g/mol. The van der Waals surface area contributed by atoms with Gasteiger partial charge in [-0.3, -0.25) is 0 Å². The summed E-state index contributed by atoms with van der Waals surface area (Å²) in [5.74, 6) is 0.848. The third-order valence-electron chi connectivity index (χ3n) is 4.50. The van der Waals surface area contributed by atoms with Crippen LogP contribution in [0.5, 0.6) is 0 Å². The van der Waals surface area contributed by atoms with Gasteiger partial charge in [0.05, 0.1) is 5.60 Å². The summed E-state index contributed by atoms with van der Waals surface area (Å²) >= 11 is 0. The first-order chi connectivity index (χ1) is 8.09. The first kappa shape index (κ1) is 13.3. The highest BCUT2D eigenvalue weighted by atomic mass is 16.5. The summed E-state index contributed by atoms with van der Waals surface area (Å²) in [5.41, 5.74) is -0.506. The Kier molecular flexibility index (Phi) is 4.45. The van der Waals surface area contributed by atoms with Gasteiger partial charge in [0.25, 0.3) is 0 Å². The molecule has 0 bridgehead atoms. The van der Waals surface area contributed by atoms with E-state index in [4.69, 9.17) is 4.74 Å². The van der Waals surface area contributed by atoms with E-state index in [1.54, 1.807) is 0 Å². The number of nitrogens with zero attached hydrogens (tertiary/aromatic N) is 1. The lowest BCUT2D eigenvalue weighted by Gasteiger charge is -2.40. The lowest BCUT2D eigenvalue weighted by molar-refractivity contribution is -0.0836. The molecule has 1 heterocycles. The molecule has 3 heteroatoms. The second-order valence-electron chi connectivity index (χ2n) is 6.18. The van der Waals surface area contributed by atoms with Crippen molar-refractivity contribution in [3.8, 4) is 0 Å². The maximum absolute atomic E-state index is 10.5. The quantitative estimate of drug-likeness (QED) is 0.821. The van der Waals surface area contributed by atoms with Gasteiger partial charge in [-0.15, -0.1) is 0 Å². The predicted molar refractivity (Wildman–Crippen MR) is 69.1 cm³/mol. The average molecular weight is 241 g/mol. The molecule has 100 valence electrons. The van der Waals surface area contributed by atoms with Gasteiger partial charge in [-0.2, -0.15) is 0 Å². The minimum atomic E-state index is -0.506. The van der Waals surface area contributed by atoms with Crippen LogP contribution in [0.3, 0.4) is 0 Å². The van der Waals surface area contributed by atoms with Gasteiger partial charge in [0.1, 0.15) is 0 Å². The molecule has 3 nitrogen and oxygen atoms in total. The number of aliphatic hydroxyl groups is 1. The fourth-order valence-electron chi connectivity index (χ4n) is 3.31. The first-order valence-corrected chi connectivity index (χ1v) is 7.09. The zero-order chi connectivity index (χ0) is 12.3. The predicted octanol–water partition coefficient (Wildman–Crippen LogP) is 2.04. The van der Waals surface area contributed by atoms with E-state index in [1.807, 2.05) is 0 Å². The van der Waals surface area contributed by atoms with E-state index in [0.717, 1.165) is 25.3 Å². The topological polar surface area (TPSA) is 32.7 Å². The molecule has 0 radical (unpaired) electrons. The molecular formula is C14H27NO2. The van der Waals surface area contributed by atoms with Gasteiger partial charge in [-0.25, -0.2) is 0 Å². The van der Waals surface area contributed by atoms with Crippen molar-refractivity contribution in [2.24, 2.45) is 5.92 Å². The summed E-state index contributed by atoms with van der Waals surface area (Å²) in [5, 5.41) is 10.5. The normalized spacial score (nSPS) is 33.9. The molecule has 1 saturated carbocycles. The van der Waals surface area contributed by atoms with E-state index in [0.29, 0.717) is 19.3 Å². The van der Waals surface area contributed by atoms with Crippen molar-refractivity contribution in [3.05, 3.63) is 0 Å². The summed E-state index contributed by atoms with van der Waals surface area (Å²) in [7, 11) is 2.18. The fourth-order valence-corrected chi connectivity index (χ4v) is 3.31. The van der Waals surface area contributed by atoms with E-state index in [2.05, 4.69) is 18.9 Å². The third kappa shape index (κ3) is 3.67. The zero-order valence-corrected chi connectivity index (χ0v) is 11.3. The van der Waals surface area contributed by atoms with Gasteiger partial charge in [-0.1, -0.05) is 19.8 Å². The number of ether oxygens (including phenoxy) is 1. The Morgan fingerprint density at radius 1 is 1.29 bits per heavy atom. The Balaban J connectivity index is 1.84. The van der Waals surface area contributed by atoms with Gasteiger partial charge in [0.2, 0.25) is 0 Å². The van der Waals surface area contributed by atoms with Crippen molar-refractivity contribution in [1.29, 1.82) is 0 Å². The van der Waals surface area contributed by atoms with Crippen LogP contribution in [0, 0.1) is 5.92 Å². The lowest BCUT2D eigenvalue weighted by atomic mass is 9.85. The van der Waals surface area contributed by atoms with E-state index >= 15 is 0 Å². The summed E-state index contributed by atoms with van der Waals surface area (Å²) in [4.78, 5) is 2.39. The molecule has 2 rings (SSSR count). The highest BCUT2D eigenvalue weighted by Crippen LogP contribution is 2.29. The molecule has 0 aromatic carbocycles. The molecule has 1 aliphatic carbocycles. The molecule has 17 heavy (non-hydrogen) atoms. The monoisotopic (exact) mass is 241 g/mol. The number of likely N-dealkylation sites (N-methyl/N-ethyl adjacent to an activating group) is 1. The van der Waals surface area contributed by atoms with Crippen LogP contribution in [0.2, 0.25) is 0 Å². The van der Waals surface area contributed by atoms with Crippen LogP contribution < -0.4 is 0 Å². The smallest absolute Gasteiger partial charge is 0.0817 e. The minimum Gasteiger partial charge on any atom is -0.388 e. The van der Waals surface area contributed by atoms with Crippen molar-refractivity contribution in [2.75, 3.05) is 26.8 Å². The first-order valence-electron chi connectivity index (χ1n) is 7.09. The van der Waals surface area contributed by atoms with Crippen LogP contribution in [0.4, 0.5) is 0 Å². The minimum absolute atomic E-state index is 0.506. The summed E-state index contributed by atoms with van der Waals surface area (Å²) < 4.78 is 5.33. The summed E-state index contributed by atoms with van der Waals surface area (Å²) in [6, 6.07) is 0.672. The van der Waals surface area contributed by atoms with E-state index in [1.165, 1.54) is 25.7 Å². The van der Waals surface area contributed by atoms with Gasteiger partial charge in [0.15, 0.2) is 0 Å². The highest BCUT2D eigenvalue weighted by molar-refractivity contribution is 4.87. The average Bonchev–Trinajstić information content (AvgIpc) is 2.29. The second-order valence-corrected chi connectivity index (χ2v) is 6.18. The molecule has 0 amide bonds. The van der Waals surface area contributed by atoms with Gasteiger partial charge in [-0.05, 0) is 25.8 Å². The molecule has 1 aliphatic heterocycles. The second kappa shape index (κ2) is 5.68. The van der Waals surface area contributed by atoms with Gasteiger partial charge in [0, 0.05) is 38.6 Å². The van der Waals surface area contributed by atoms with Crippen LogP contribution in [0.1, 0.15) is 45.4 Å². The van der Waals surface area contributed by atoms with Crippen LogP contribution in [-0.2, 0) is 4.74 Å². The Morgan fingerprint density at radius 3 is 2.65 bits per heavy atom. The molecule has 2 atom stereocenters. The van der Waals surface area contributed by atoms with Gasteiger partial charge >= 0.3 is 0 Å². The molecule has 2 unspecified atom stereocenters. The highest BCUT2D eigenvalue weighted by Gasteiger charge is 2.33. The van der Waals surface area contributed by atoms with Crippen molar-refractivity contribution in [1.82, 2.24) is 4.90 Å². The summed E-state index contributed by atoms with van der Waals surface area (Å²) in [6.07, 6.45) is 6.90. The molecule has 0 aromatic heterocycles. The van der Waals surface area contributed by atoms with Crippen LogP contribution >= 0.6 is 0 Å². The molecule has 2 fully saturated rings. The molecule has 0 spiro atoms. The van der Waals surface area contributed by atoms with E-state index in [-0.39, 0.29) is 0 Å². The van der Waals surface area contributed by atoms with Crippen LogP contribution in [-0.4, -0.2) is 48.5 Å². The zero-order valence-electron chi connectivity index (χ0n) is 11.3. The number of rotatable bonds is 3. The molecule has 1 saturated heterocycles. The number of hydrogen-bond donors (Lipinski definition) is 1. The molecule has 0 aromatic rings. The standard InChI is InChI=1S/C14H27NO2/c1-12-4-3-5-13(10-12)15(2)11-14(16)6-8-17-9-7-14/h12-13,16H,3-11H2,1-2H3. The maximum atomic E-state index is 10.5. The SMILES string of the molecule is CC1CCCC(N(C)CC2(O)CCOCC2)C1. The van der Waals surface area contributed by atoms with Crippen molar-refractivity contribution >= 4 is 0 Å². The largest absolute Gasteiger partial charge is 0.388 e. The van der Waals surface area contributed by atoms with E-state index in [9.17, 15) is 5.11 Å². The van der Waals surface area contributed by atoms with Crippen LogP contribution in [0.15, 0.2) is 0 Å². The summed E-state index contributed by atoms with van der Waals surface area (Å²) in [6.45, 7) is 4.59. The Hall–Kier alpha value is -0.120. The van der Waals surface area contributed by atoms with E-state index < -0.39 is 5.60 Å². The Labute approximate surface area is 105 Å². The number of hydrogen-bond acceptors (Lipinski definition) is 3. The lowest BCUT2D eigenvalue weighted by Crippen LogP contribution is -2.49. The van der Waals surface area contributed by atoms with Crippen molar-refractivity contribution in [2.45, 2.75) is 57.1 Å². The maximum Gasteiger partial charge on any atom is 0.0817 e. The fraction of sp³-hybridized carbons (Fsp3) is 1.00. The van der Waals surface area contributed by atoms with Crippen molar-refractivity contribution < 1.29 is 9.84 Å². The van der Waals surface area contributed by atoms with Gasteiger partial charge < -0.3 is 14.7 Å². The Morgan fingerprint density at radius 2 is 2.00 bits per heavy atom. The molecule has 1 N–H and O–H groups in total. The van der Waals surface area contributed by atoms with Crippen LogP contribution in [0.25, 0.3) is 0 Å². The Bertz CT molecular complexity index is 238.